The van der Waals surface area contributed by atoms with Crippen molar-refractivity contribution >= 4 is 102 Å². The van der Waals surface area contributed by atoms with Crippen LogP contribution in [0.4, 0.5) is 23.4 Å². The molecule has 15 heterocycles. The van der Waals surface area contributed by atoms with Crippen LogP contribution >= 0.6 is 46.4 Å². The van der Waals surface area contributed by atoms with Gasteiger partial charge in [0.1, 0.15) is 29.5 Å². The molecule has 0 spiro atoms. The number of hydrogen-bond donors (Lipinski definition) is 4. The number of fused-ring (bicyclic) bond motifs is 4. The zero-order valence-corrected chi connectivity index (χ0v) is 86.6. The molecule has 0 amide bonds. The third-order valence-corrected chi connectivity index (χ3v) is 28.5. The van der Waals surface area contributed by atoms with E-state index in [-0.39, 0.29) is 68.8 Å². The Morgan fingerprint density at radius 3 is 1.32 bits per heavy atom. The summed E-state index contributed by atoms with van der Waals surface area (Å²) in [7, 11) is 13.2. The van der Waals surface area contributed by atoms with Crippen LogP contribution in [0.15, 0.2) is 169 Å². The van der Waals surface area contributed by atoms with Crippen molar-refractivity contribution in [2.24, 2.45) is 51.6 Å². The zero-order chi connectivity index (χ0) is 105. The van der Waals surface area contributed by atoms with Crippen LogP contribution in [0.1, 0.15) is 156 Å². The number of halogens is 8. The number of aliphatic hydroxyl groups is 4. The lowest BCUT2D eigenvalue weighted by molar-refractivity contribution is -0.141. The van der Waals surface area contributed by atoms with E-state index in [1.54, 1.807) is 110 Å². The quantitative estimate of drug-likeness (QED) is 0.0347. The summed E-state index contributed by atoms with van der Waals surface area (Å²) in [5.74, 6) is 3.41. The number of rotatable bonds is 27. The van der Waals surface area contributed by atoms with Gasteiger partial charge in [-0.1, -0.05) is 111 Å². The second-order valence-electron chi connectivity index (χ2n) is 37.6. The second kappa shape index (κ2) is 40.6. The minimum Gasteiger partial charge on any atom is -0.486 e. The number of anilines is 1. The molecule has 42 heteroatoms. The normalized spacial score (nSPS) is 17.0. The van der Waals surface area contributed by atoms with Crippen molar-refractivity contribution < 1.29 is 75.9 Å². The van der Waals surface area contributed by atoms with E-state index in [0.29, 0.717) is 172 Å². The molecule has 0 bridgehead atoms. The molecule has 6 atom stereocenters. The number of pyridine rings is 7. The molecule has 34 nitrogen and oxygen atoms in total. The van der Waals surface area contributed by atoms with Gasteiger partial charge in [-0.25, -0.2) is 48.3 Å². The average Bonchev–Trinajstić information content (AvgIpc) is 1.53. The van der Waals surface area contributed by atoms with Crippen LogP contribution in [-0.2, 0) is 68.6 Å². The SMILES string of the molecule is COc1nc2ccc(C(O)(c3ccc(C(F)(F)F)nc3)c3cncn3C)cc2c(Cl)c1OCC1(C)COC1.COc1nc2ccc(C(O)(c3ccc(C)nc3C)c3cnnn3C)cc2c(Cl)c1OCC1=C(C)CN=C1C.COc1nc2ccc(C(O)(c3ccc(C)nc3C)c3cnnn3C)cc2c(Cl)c1OCC1CC1(C)F.Cc1ncc(C(O)(c2ccc3nc(N4CCC4)c(OC(C)C)c(Cl)c3c2)c2cnnn2C)n1C. The number of aromatic nitrogens is 20. The van der Waals surface area contributed by atoms with Crippen LogP contribution in [0.3, 0.4) is 0 Å². The van der Waals surface area contributed by atoms with Crippen LogP contribution in [0.5, 0.6) is 40.6 Å². The lowest BCUT2D eigenvalue weighted by Crippen LogP contribution is -2.44. The van der Waals surface area contributed by atoms with Crippen molar-refractivity contribution in [2.45, 2.75) is 129 Å². The third-order valence-electron chi connectivity index (χ3n) is 27.0. The fraction of sp³-hybridized carbons (Fsp3) is 0.365. The number of nitrogens with zero attached hydrogens (tertiary/aromatic N) is 22. The van der Waals surface area contributed by atoms with Crippen molar-refractivity contribution in [2.75, 3.05) is 78.9 Å². The number of methoxy groups -OCH3 is 3. The Morgan fingerprint density at radius 1 is 0.500 bits per heavy atom. The summed E-state index contributed by atoms with van der Waals surface area (Å²) >= 11 is 27.5. The monoisotopic (exact) mass is 2070 g/mol. The predicted molar refractivity (Wildman–Crippen MR) is 542 cm³/mol. The molecule has 1 saturated carbocycles. The molecule has 146 heavy (non-hydrogen) atoms. The number of benzene rings is 4. The predicted octanol–water partition coefficient (Wildman–Crippen LogP) is 17.0. The minimum atomic E-state index is -4.62. The smallest absolute Gasteiger partial charge is 0.433 e. The molecule has 4 aromatic carbocycles. The topological polar surface area (TPSA) is 388 Å². The lowest BCUT2D eigenvalue weighted by atomic mass is 9.82. The lowest BCUT2D eigenvalue weighted by Gasteiger charge is -2.37. The number of ether oxygens (including phenoxy) is 8. The van der Waals surface area contributed by atoms with Gasteiger partial charge in [0.05, 0.1) is 163 Å². The highest BCUT2D eigenvalue weighted by Gasteiger charge is 2.52. The van der Waals surface area contributed by atoms with Crippen molar-refractivity contribution in [1.82, 2.24) is 99.0 Å². The first-order valence-corrected chi connectivity index (χ1v) is 48.2. The zero-order valence-electron chi connectivity index (χ0n) is 83.6. The first-order valence-electron chi connectivity index (χ1n) is 46.7. The molecule has 4 aliphatic rings. The van der Waals surface area contributed by atoms with Crippen molar-refractivity contribution in [3.8, 4) is 40.6 Å². The maximum absolute atomic E-state index is 14.1. The summed E-state index contributed by atoms with van der Waals surface area (Å²) < 4.78 is 108. The van der Waals surface area contributed by atoms with Gasteiger partial charge >= 0.3 is 6.18 Å². The molecule has 6 unspecified atom stereocenters. The Labute approximate surface area is 857 Å². The molecular formula is C104H108Cl4F4N22O12. The number of aliphatic imine (C=N–C) groups is 1. The van der Waals surface area contributed by atoms with Gasteiger partial charge in [0.2, 0.25) is 17.2 Å². The molecular weight excluding hydrogens is 1970 g/mol. The average molecular weight is 2080 g/mol. The van der Waals surface area contributed by atoms with Crippen LogP contribution in [-0.4, -0.2) is 211 Å². The second-order valence-corrected chi connectivity index (χ2v) is 39.2. The maximum atomic E-state index is 14.1. The fourth-order valence-electron chi connectivity index (χ4n) is 18.3. The van der Waals surface area contributed by atoms with Gasteiger partial charge in [0, 0.05) is 138 Å². The molecule has 3 aliphatic heterocycles. The molecule has 762 valence electrons. The highest BCUT2D eigenvalue weighted by atomic mass is 35.5. The van der Waals surface area contributed by atoms with E-state index in [9.17, 15) is 38.0 Å². The summed E-state index contributed by atoms with van der Waals surface area (Å²) in [4.78, 5) is 46.5. The Bertz CT molecular complexity index is 7760. The van der Waals surface area contributed by atoms with E-state index >= 15 is 0 Å². The Morgan fingerprint density at radius 2 is 0.945 bits per heavy atom. The van der Waals surface area contributed by atoms with Crippen LogP contribution < -0.4 is 38.1 Å². The van der Waals surface area contributed by atoms with Crippen LogP contribution in [0, 0.1) is 46.0 Å². The van der Waals surface area contributed by atoms with Gasteiger partial charge in [-0.3, -0.25) is 19.9 Å². The van der Waals surface area contributed by atoms with E-state index < -0.39 is 39.9 Å². The third kappa shape index (κ3) is 19.4. The standard InChI is InChI=1S/C28H29ClN6O3.C26H24ClF3N4O4.C26H27ClFN5O3.C24H28ClN7O2/c1-15-12-30-17(3)21(15)14-38-26-25(29)20-11-19(8-10-23(20)33-27(26)37-6)28(36,24-13-31-34-35(24)5)22-9-7-16(2)32-18(22)4;1-24(11-37-12-24)13-38-22-21(27)17-8-15(4-6-18(17)33-23(22)36-3)25(35,20-10-31-14-34(20)2)16-5-7-19(32-9-16)26(28,29)30;1-14-6-8-19(15(2)30-14)26(34,21-12-29-32-33(21)4)16-7-9-20-18(10-16)22(27)23(24(31-20)35-5)36-13-17-11-25(17,3)28;1-14(2)34-22-21(25)17-11-16(7-8-18(17)28-23(22)32-9-6-10-32)24(33,20-13-27-29-31(20)5)19-12-26-15(3)30(19)4/h7-11,13,36H,12,14H2,1-6H3;4-10,14,35H,11-13H2,1-3H3;6-10,12,17,34H,11,13H2,1-5H3;7-8,11-14,33H,6,9-10H2,1-5H3. The van der Waals surface area contributed by atoms with Crippen LogP contribution in [0.25, 0.3) is 43.6 Å². The molecule has 3 fully saturated rings. The maximum Gasteiger partial charge on any atom is 0.433 e. The summed E-state index contributed by atoms with van der Waals surface area (Å²) in [6.45, 7) is 25.3. The number of alkyl halides is 4. The molecule has 4 N–H and O–H groups in total. The minimum absolute atomic E-state index is 0.0603. The van der Waals surface area contributed by atoms with Gasteiger partial charge in [0.25, 0.3) is 17.6 Å². The summed E-state index contributed by atoms with van der Waals surface area (Å²) in [6, 6.07) is 30.7. The van der Waals surface area contributed by atoms with Gasteiger partial charge < -0.3 is 72.4 Å². The van der Waals surface area contributed by atoms with Crippen molar-refractivity contribution in [3.05, 3.63) is 286 Å². The van der Waals surface area contributed by atoms with E-state index in [1.807, 2.05) is 135 Å². The fourth-order valence-corrected chi connectivity index (χ4v) is 19.5. The van der Waals surface area contributed by atoms with Gasteiger partial charge in [-0.2, -0.15) is 13.2 Å². The molecule has 0 radical (unpaired) electrons. The number of aryl methyl sites for hydroxylation is 9. The van der Waals surface area contributed by atoms with Gasteiger partial charge in [-0.05, 0) is 177 Å². The largest absolute Gasteiger partial charge is 0.486 e. The van der Waals surface area contributed by atoms with E-state index in [0.717, 1.165) is 77.2 Å². The summed E-state index contributed by atoms with van der Waals surface area (Å²) in [5.41, 5.74) is 5.01. The molecule has 16 aromatic rings. The molecule has 20 rings (SSSR count). The van der Waals surface area contributed by atoms with Crippen LogP contribution in [0.2, 0.25) is 20.1 Å². The van der Waals surface area contributed by atoms with E-state index in [4.69, 9.17) is 89.3 Å². The van der Waals surface area contributed by atoms with E-state index in [1.165, 1.54) is 50.8 Å². The molecule has 1 aliphatic carbocycles. The van der Waals surface area contributed by atoms with Gasteiger partial charge in [-0.15, -0.1) is 15.3 Å². The molecule has 12 aromatic heterocycles. The van der Waals surface area contributed by atoms with Crippen molar-refractivity contribution in [3.63, 3.8) is 0 Å². The first-order chi connectivity index (χ1) is 69.4. The summed E-state index contributed by atoms with van der Waals surface area (Å²) in [6.07, 6.45) is 7.10. The Hall–Kier alpha value is -13.7. The Kier molecular flexibility index (Phi) is 28.8. The highest BCUT2D eigenvalue weighted by molar-refractivity contribution is 6.39. The first kappa shape index (κ1) is 104. The van der Waals surface area contributed by atoms with Gasteiger partial charge in [0.15, 0.2) is 34.0 Å². The molecule has 2 saturated heterocycles. The highest BCUT2D eigenvalue weighted by Crippen LogP contribution is 2.53. The summed E-state index contributed by atoms with van der Waals surface area (Å²) in [5, 5.41) is 77.0. The Balaban J connectivity index is 0.000000133. The number of hydrogen-bond acceptors (Lipinski definition) is 29. The van der Waals surface area contributed by atoms with E-state index in [2.05, 4.69) is 80.7 Å². The van der Waals surface area contributed by atoms with Crippen molar-refractivity contribution in [1.29, 1.82) is 0 Å². The number of imidazole rings is 2.